The van der Waals surface area contributed by atoms with Gasteiger partial charge in [0, 0.05) is 17.1 Å². The fourth-order valence-corrected chi connectivity index (χ4v) is 0.642. The average molecular weight is 388 g/mol. The van der Waals surface area contributed by atoms with E-state index in [2.05, 4.69) is 49.5 Å². The van der Waals surface area contributed by atoms with E-state index in [1.165, 1.54) is 0 Å². The van der Waals surface area contributed by atoms with Crippen LogP contribution in [0.25, 0.3) is 0 Å². The molecule has 2 rings (SSSR count). The molecule has 0 aliphatic heterocycles. The predicted octanol–water partition coefficient (Wildman–Crippen LogP) is 3.72. The Hall–Kier alpha value is -0.601. The number of rotatable bonds is 0. The molecule has 0 unspecified atom stereocenters. The fraction of sp³-hybridized carbons (Fsp3) is 0. The Morgan fingerprint density at radius 3 is 0.850 bits per heavy atom. The average Bonchev–Trinajstić information content (AvgIpc) is 3.25. The van der Waals surface area contributed by atoms with Gasteiger partial charge in [0.1, 0.15) is 0 Å². The van der Waals surface area contributed by atoms with Crippen LogP contribution in [0, 0.1) is 13.3 Å². The van der Waals surface area contributed by atoms with Crippen molar-refractivity contribution in [1.82, 2.24) is 0 Å². The number of hydrogen-bond donors (Lipinski definition) is 0. The van der Waals surface area contributed by atoms with Crippen LogP contribution in [-0.2, 0) is 43.4 Å². The Labute approximate surface area is 153 Å². The predicted molar refractivity (Wildman–Crippen MR) is 79.2 cm³/mol. The second-order valence-corrected chi connectivity index (χ2v) is 1.92. The topological polar surface area (TPSA) is 39.8 Å². The maximum atomic E-state index is 7.50. The Morgan fingerprint density at radius 2 is 0.800 bits per heavy atom. The minimum Gasteiger partial charge on any atom is -0.442 e. The third-order valence-corrected chi connectivity index (χ3v) is 1.11. The first-order chi connectivity index (χ1) is 9.00. The molecule has 0 atom stereocenters. The van der Waals surface area contributed by atoms with E-state index in [9.17, 15) is 0 Å². The standard InChI is InChI=1S/2C5H5.2CO.2CHS.2Fe/c2*1-2-4-5-3-1;4*1-2;;/h2*1-5H;;;2*1H;;/q2*-1;;;2*-1;;+5. The van der Waals surface area contributed by atoms with Crippen LogP contribution in [0.1, 0.15) is 0 Å². The van der Waals surface area contributed by atoms with Gasteiger partial charge in [-0.25, -0.2) is 24.3 Å². The summed E-state index contributed by atoms with van der Waals surface area (Å²) in [5.41, 5.74) is 0. The van der Waals surface area contributed by atoms with E-state index in [1.807, 2.05) is 60.7 Å². The van der Waals surface area contributed by atoms with Gasteiger partial charge in [-0.1, -0.05) is 0 Å². The summed E-state index contributed by atoms with van der Waals surface area (Å²) >= 11 is 7.17. The molecule has 0 aliphatic carbocycles. The van der Waals surface area contributed by atoms with Gasteiger partial charge in [-0.2, -0.15) is 36.4 Å². The molecule has 0 aliphatic rings. The van der Waals surface area contributed by atoms with Crippen molar-refractivity contribution in [3.63, 3.8) is 0 Å². The molecule has 0 fully saturated rings. The molecule has 2 aromatic rings. The van der Waals surface area contributed by atoms with E-state index in [0.717, 1.165) is 0 Å². The van der Waals surface area contributed by atoms with Crippen molar-refractivity contribution >= 4 is 36.2 Å². The van der Waals surface area contributed by atoms with Gasteiger partial charge in [0.25, 0.3) is 0 Å². The minimum absolute atomic E-state index is 0. The van der Waals surface area contributed by atoms with Crippen molar-refractivity contribution in [2.24, 2.45) is 0 Å². The van der Waals surface area contributed by atoms with Crippen LogP contribution in [0.5, 0.6) is 0 Å². The Kier molecular flexibility index (Phi) is 115. The maximum Gasteiger partial charge on any atom is 5.00 e. The molecule has 1 radical (unpaired) electrons. The van der Waals surface area contributed by atoms with E-state index in [0.29, 0.717) is 0 Å². The normalized spacial score (nSPS) is 4.60. The van der Waals surface area contributed by atoms with Crippen LogP contribution in [0.2, 0.25) is 0 Å². The molecule has 0 saturated carbocycles. The van der Waals surface area contributed by atoms with E-state index in [4.69, 9.17) is 9.30 Å². The molecular weight excluding hydrogens is 376 g/mol. The Balaban J connectivity index is -0.0000000311. The summed E-state index contributed by atoms with van der Waals surface area (Å²) in [7, 11) is 0. The van der Waals surface area contributed by atoms with Gasteiger partial charge in [-0.3, -0.25) is 0 Å². The first-order valence-corrected chi connectivity index (χ1v) is 5.16. The molecule has 20 heavy (non-hydrogen) atoms. The molecule has 0 saturated heterocycles. The summed E-state index contributed by atoms with van der Waals surface area (Å²) in [6.07, 6.45) is 0. The van der Waals surface area contributed by atoms with Crippen LogP contribution < -0.4 is 0 Å². The summed E-state index contributed by atoms with van der Waals surface area (Å²) in [5, 5.41) is 0. The monoisotopic (exact) mass is 388 g/mol. The van der Waals surface area contributed by atoms with Crippen LogP contribution >= 0.6 is 24.4 Å². The number of thiocarbonyl (C=S) groups is 2. The van der Waals surface area contributed by atoms with E-state index < -0.39 is 0 Å². The van der Waals surface area contributed by atoms with E-state index in [1.54, 1.807) is 0 Å². The third-order valence-electron chi connectivity index (χ3n) is 1.11. The van der Waals surface area contributed by atoms with Gasteiger partial charge < -0.3 is 36.2 Å². The fourth-order valence-electron chi connectivity index (χ4n) is 0.642. The zero-order chi connectivity index (χ0) is 15.1. The Morgan fingerprint density at radius 1 is 0.650 bits per heavy atom. The van der Waals surface area contributed by atoms with Crippen LogP contribution in [-0.4, -0.2) is 11.7 Å². The van der Waals surface area contributed by atoms with Crippen LogP contribution in [0.15, 0.2) is 60.7 Å². The van der Waals surface area contributed by atoms with E-state index in [-0.39, 0.29) is 34.1 Å². The second-order valence-electron chi connectivity index (χ2n) is 1.92. The van der Waals surface area contributed by atoms with Gasteiger partial charge in [0.15, 0.2) is 0 Å². The first kappa shape index (κ1) is 36.6. The zero-order valence-corrected chi connectivity index (χ0v) is 14.1. The van der Waals surface area contributed by atoms with Gasteiger partial charge in [0.2, 0.25) is 0 Å². The SMILES string of the molecule is [C-]#[O+].[C-]#[O+].[CH-]=S.[CH-]=S.[Fe+5].[Fe].c1cc[cH-]c1.c1cc[cH-]c1. The molecule has 0 amide bonds. The van der Waals surface area contributed by atoms with Crippen molar-refractivity contribution < 1.29 is 43.4 Å². The van der Waals surface area contributed by atoms with Crippen molar-refractivity contribution in [1.29, 1.82) is 0 Å². The van der Waals surface area contributed by atoms with Gasteiger partial charge in [-0.05, 0) is 0 Å². The van der Waals surface area contributed by atoms with Gasteiger partial charge in [-0.15, -0.1) is 0 Å². The van der Waals surface area contributed by atoms with Crippen LogP contribution in [0.4, 0.5) is 0 Å². The second kappa shape index (κ2) is 63.0. The molecule has 0 N–H and O–H groups in total. The van der Waals surface area contributed by atoms with Crippen molar-refractivity contribution in [3.05, 3.63) is 74.0 Å². The van der Waals surface area contributed by atoms with Crippen molar-refractivity contribution in [2.75, 3.05) is 0 Å². The molecule has 0 heterocycles. The zero-order valence-electron chi connectivity index (χ0n) is 10.3. The summed E-state index contributed by atoms with van der Waals surface area (Å²) in [6, 6.07) is 20.0. The summed E-state index contributed by atoms with van der Waals surface area (Å²) in [6.45, 7) is 9.00. The van der Waals surface area contributed by atoms with Crippen molar-refractivity contribution in [2.45, 2.75) is 0 Å². The van der Waals surface area contributed by atoms with E-state index >= 15 is 0 Å². The van der Waals surface area contributed by atoms with Crippen molar-refractivity contribution in [3.8, 4) is 0 Å². The summed E-state index contributed by atoms with van der Waals surface area (Å²) < 4.78 is 15.0. The Bertz CT molecular complexity index is 251. The summed E-state index contributed by atoms with van der Waals surface area (Å²) in [5.74, 6) is 8.17. The molecule has 0 bridgehead atoms. The molecule has 2 nitrogen and oxygen atoms in total. The molecular formula is C14H12Fe2O2S2+. The minimum atomic E-state index is 0. The third kappa shape index (κ3) is 53.0. The summed E-state index contributed by atoms with van der Waals surface area (Å²) in [4.78, 5) is 0. The maximum absolute atomic E-state index is 7.50. The van der Waals surface area contributed by atoms with Gasteiger partial charge in [0.05, 0.1) is 0 Å². The van der Waals surface area contributed by atoms with Gasteiger partial charge >= 0.3 is 39.7 Å². The largest absolute Gasteiger partial charge is 5.00 e. The molecule has 2 aromatic carbocycles. The molecule has 6 heteroatoms. The molecule has 107 valence electrons. The molecule has 0 spiro atoms. The quantitative estimate of drug-likeness (QED) is 0.299. The number of hydrogen-bond acceptors (Lipinski definition) is 2. The van der Waals surface area contributed by atoms with Crippen LogP contribution in [0.3, 0.4) is 0 Å². The smallest absolute Gasteiger partial charge is 0.442 e. The molecule has 0 aromatic heterocycles. The first-order valence-electron chi connectivity index (χ1n) is 4.21.